The number of carbonyl (C=O) groups excluding carboxylic acids is 2. The third-order valence-electron chi connectivity index (χ3n) is 4.86. The largest absolute Gasteiger partial charge is 0.490 e. The topological polar surface area (TPSA) is 85.9 Å². The predicted octanol–water partition coefficient (Wildman–Crippen LogP) is 4.61. The molecule has 2 atom stereocenters. The molecule has 0 fully saturated rings. The summed E-state index contributed by atoms with van der Waals surface area (Å²) in [5, 5.41) is 5.65. The molecule has 0 aliphatic carbocycles. The molecule has 2 aromatic rings. The molecule has 0 bridgehead atoms. The van der Waals surface area contributed by atoms with Gasteiger partial charge in [-0.05, 0) is 49.9 Å². The number of rotatable bonds is 11. The zero-order chi connectivity index (χ0) is 23.5. The molecule has 32 heavy (non-hydrogen) atoms. The zero-order valence-corrected chi connectivity index (χ0v) is 19.5. The van der Waals surface area contributed by atoms with Crippen LogP contribution in [0.4, 0.5) is 4.79 Å². The minimum atomic E-state index is -0.727. The maximum atomic E-state index is 12.9. The number of hydrogen-bond donors (Lipinski definition) is 2. The molecule has 2 amide bonds. The van der Waals surface area contributed by atoms with Crippen molar-refractivity contribution in [2.45, 2.75) is 53.3 Å². The average molecular weight is 443 g/mol. The standard InChI is InChI=1S/C25H34N2O5/c1-6-30-21-14-13-20(15-22(21)31-7-2)18(5)26-24(28)23(17(3)4)27-25(29)32-16-19-11-9-8-10-12-19/h8-15,17-18,23H,6-7,16H2,1-5H3,(H,26,28)(H,27,29). The van der Waals surface area contributed by atoms with Crippen LogP contribution in [0.3, 0.4) is 0 Å². The van der Waals surface area contributed by atoms with E-state index in [1.807, 2.05) is 83.1 Å². The molecule has 7 heteroatoms. The summed E-state index contributed by atoms with van der Waals surface area (Å²) in [6.45, 7) is 10.6. The van der Waals surface area contributed by atoms with Crippen LogP contribution in [0.1, 0.15) is 51.8 Å². The molecule has 0 aliphatic rings. The van der Waals surface area contributed by atoms with Crippen LogP contribution in [-0.2, 0) is 16.1 Å². The van der Waals surface area contributed by atoms with Gasteiger partial charge in [-0.25, -0.2) is 4.79 Å². The SMILES string of the molecule is CCOc1ccc(C(C)NC(=O)C(NC(=O)OCc2ccccc2)C(C)C)cc1OCC. The maximum absolute atomic E-state index is 12.9. The van der Waals surface area contributed by atoms with E-state index in [1.165, 1.54) is 0 Å². The monoisotopic (exact) mass is 442 g/mol. The minimum Gasteiger partial charge on any atom is -0.490 e. The Bertz CT molecular complexity index is 870. The van der Waals surface area contributed by atoms with Crippen LogP contribution >= 0.6 is 0 Å². The lowest BCUT2D eigenvalue weighted by molar-refractivity contribution is -0.124. The molecule has 2 rings (SSSR count). The zero-order valence-electron chi connectivity index (χ0n) is 19.5. The van der Waals surface area contributed by atoms with Crippen LogP contribution < -0.4 is 20.1 Å². The first-order valence-corrected chi connectivity index (χ1v) is 11.0. The molecule has 0 aliphatic heterocycles. The summed E-state index contributed by atoms with van der Waals surface area (Å²) in [6.07, 6.45) is -0.630. The number of nitrogens with one attached hydrogen (secondary N) is 2. The van der Waals surface area contributed by atoms with Crippen molar-refractivity contribution in [3.8, 4) is 11.5 Å². The van der Waals surface area contributed by atoms with Crippen molar-refractivity contribution in [2.24, 2.45) is 5.92 Å². The first kappa shape index (κ1) is 25.0. The van der Waals surface area contributed by atoms with Gasteiger partial charge in [0.15, 0.2) is 11.5 Å². The molecule has 0 saturated carbocycles. The highest BCUT2D eigenvalue weighted by Gasteiger charge is 2.26. The van der Waals surface area contributed by atoms with Crippen LogP contribution in [0, 0.1) is 5.92 Å². The Morgan fingerprint density at radius 2 is 1.53 bits per heavy atom. The van der Waals surface area contributed by atoms with Crippen molar-refractivity contribution < 1.29 is 23.8 Å². The van der Waals surface area contributed by atoms with Crippen molar-refractivity contribution in [1.29, 1.82) is 0 Å². The average Bonchev–Trinajstić information content (AvgIpc) is 2.77. The lowest BCUT2D eigenvalue weighted by Gasteiger charge is -2.24. The number of amides is 2. The molecule has 0 spiro atoms. The van der Waals surface area contributed by atoms with Crippen molar-refractivity contribution >= 4 is 12.0 Å². The van der Waals surface area contributed by atoms with Crippen molar-refractivity contribution in [1.82, 2.24) is 10.6 Å². The van der Waals surface area contributed by atoms with Gasteiger partial charge in [-0.15, -0.1) is 0 Å². The molecule has 0 heterocycles. The van der Waals surface area contributed by atoms with Crippen LogP contribution in [0.5, 0.6) is 11.5 Å². The summed E-state index contributed by atoms with van der Waals surface area (Å²) in [7, 11) is 0. The van der Waals surface area contributed by atoms with Crippen molar-refractivity contribution in [3.63, 3.8) is 0 Å². The first-order chi connectivity index (χ1) is 15.3. The number of alkyl carbamates (subject to hydrolysis) is 1. The normalized spacial score (nSPS) is 12.6. The van der Waals surface area contributed by atoms with E-state index in [9.17, 15) is 9.59 Å². The van der Waals surface area contributed by atoms with Gasteiger partial charge in [-0.2, -0.15) is 0 Å². The van der Waals surface area contributed by atoms with Gasteiger partial charge < -0.3 is 24.8 Å². The Kier molecular flexibility index (Phi) is 9.85. The Morgan fingerprint density at radius 3 is 2.16 bits per heavy atom. The number of carbonyl (C=O) groups is 2. The van der Waals surface area contributed by atoms with Crippen molar-refractivity contribution in [3.05, 3.63) is 59.7 Å². The summed E-state index contributed by atoms with van der Waals surface area (Å²) < 4.78 is 16.5. The third kappa shape index (κ3) is 7.48. The first-order valence-electron chi connectivity index (χ1n) is 11.0. The number of hydrogen-bond acceptors (Lipinski definition) is 5. The Labute approximate surface area is 190 Å². The van der Waals surface area contributed by atoms with E-state index in [4.69, 9.17) is 14.2 Å². The molecule has 2 N–H and O–H groups in total. The van der Waals surface area contributed by atoms with Crippen molar-refractivity contribution in [2.75, 3.05) is 13.2 Å². The van der Waals surface area contributed by atoms with Crippen LogP contribution in [0.15, 0.2) is 48.5 Å². The van der Waals surface area contributed by atoms with Gasteiger partial charge in [0.1, 0.15) is 12.6 Å². The summed E-state index contributed by atoms with van der Waals surface area (Å²) in [6, 6.07) is 14.0. The van der Waals surface area contributed by atoms with Gasteiger partial charge in [0.05, 0.1) is 19.3 Å². The second kappa shape index (κ2) is 12.6. The summed E-state index contributed by atoms with van der Waals surface area (Å²) in [5.41, 5.74) is 1.75. The van der Waals surface area contributed by atoms with Gasteiger partial charge in [-0.1, -0.05) is 50.2 Å². The molecule has 0 saturated heterocycles. The molecular weight excluding hydrogens is 408 g/mol. The van der Waals surface area contributed by atoms with E-state index in [0.717, 1.165) is 11.1 Å². The molecular formula is C25H34N2O5. The van der Waals surface area contributed by atoms with E-state index >= 15 is 0 Å². The van der Waals surface area contributed by atoms with Gasteiger partial charge in [0.2, 0.25) is 5.91 Å². The molecule has 2 aromatic carbocycles. The summed E-state index contributed by atoms with van der Waals surface area (Å²) >= 11 is 0. The summed E-state index contributed by atoms with van der Waals surface area (Å²) in [5.74, 6) is 0.900. The van der Waals surface area contributed by atoms with Gasteiger partial charge in [0, 0.05) is 0 Å². The molecule has 0 radical (unpaired) electrons. The quantitative estimate of drug-likeness (QED) is 0.531. The number of benzene rings is 2. The smallest absolute Gasteiger partial charge is 0.408 e. The highest BCUT2D eigenvalue weighted by molar-refractivity contribution is 5.86. The fraction of sp³-hybridized carbons (Fsp3) is 0.440. The Hall–Kier alpha value is -3.22. The van der Waals surface area contributed by atoms with Crippen LogP contribution in [0.25, 0.3) is 0 Å². The van der Waals surface area contributed by atoms with E-state index in [1.54, 1.807) is 0 Å². The lowest BCUT2D eigenvalue weighted by atomic mass is 10.0. The number of ether oxygens (including phenoxy) is 3. The lowest BCUT2D eigenvalue weighted by Crippen LogP contribution is -2.50. The summed E-state index contributed by atoms with van der Waals surface area (Å²) in [4.78, 5) is 25.2. The molecule has 2 unspecified atom stereocenters. The second-order valence-corrected chi connectivity index (χ2v) is 7.73. The fourth-order valence-corrected chi connectivity index (χ4v) is 3.15. The maximum Gasteiger partial charge on any atom is 0.408 e. The van der Waals surface area contributed by atoms with Gasteiger partial charge >= 0.3 is 6.09 Å². The van der Waals surface area contributed by atoms with E-state index in [-0.39, 0.29) is 24.5 Å². The highest BCUT2D eigenvalue weighted by atomic mass is 16.5. The highest BCUT2D eigenvalue weighted by Crippen LogP contribution is 2.30. The van der Waals surface area contributed by atoms with Gasteiger partial charge in [-0.3, -0.25) is 4.79 Å². The van der Waals surface area contributed by atoms with E-state index in [2.05, 4.69) is 10.6 Å². The van der Waals surface area contributed by atoms with Crippen LogP contribution in [-0.4, -0.2) is 31.3 Å². The molecule has 0 aromatic heterocycles. The molecule has 7 nitrogen and oxygen atoms in total. The second-order valence-electron chi connectivity index (χ2n) is 7.73. The van der Waals surface area contributed by atoms with Gasteiger partial charge in [0.25, 0.3) is 0 Å². The third-order valence-corrected chi connectivity index (χ3v) is 4.86. The van der Waals surface area contributed by atoms with E-state index in [0.29, 0.717) is 24.7 Å². The fourth-order valence-electron chi connectivity index (χ4n) is 3.15. The van der Waals surface area contributed by atoms with Crippen LogP contribution in [0.2, 0.25) is 0 Å². The minimum absolute atomic E-state index is 0.120. The predicted molar refractivity (Wildman–Crippen MR) is 124 cm³/mol. The molecule has 174 valence electrons. The Balaban J connectivity index is 2.00. The van der Waals surface area contributed by atoms with E-state index < -0.39 is 12.1 Å². The Morgan fingerprint density at radius 1 is 0.875 bits per heavy atom.